The van der Waals surface area contributed by atoms with Crippen molar-refractivity contribution in [2.75, 3.05) is 13.1 Å². The lowest BCUT2D eigenvalue weighted by molar-refractivity contribution is -0.149. The fraction of sp³-hybridized carbons (Fsp3) is 0.889. The molecule has 0 amide bonds. The number of carbonyl (C=O) groups excluding carboxylic acids is 1. The third-order valence-electron chi connectivity index (χ3n) is 3.25. The first-order valence-corrected chi connectivity index (χ1v) is 4.48. The van der Waals surface area contributed by atoms with Crippen LogP contribution in [0.2, 0.25) is 0 Å². The van der Waals surface area contributed by atoms with E-state index in [0.717, 1.165) is 19.5 Å². The summed E-state index contributed by atoms with van der Waals surface area (Å²) < 4.78 is 5.42. The Balaban J connectivity index is 2.29. The number of ether oxygens (including phenoxy) is 1. The third-order valence-corrected chi connectivity index (χ3v) is 3.25. The van der Waals surface area contributed by atoms with Gasteiger partial charge in [0.15, 0.2) is 0 Å². The molecule has 2 heterocycles. The highest BCUT2D eigenvalue weighted by atomic mass is 16.6. The topological polar surface area (TPSA) is 38.3 Å². The highest BCUT2D eigenvalue weighted by molar-refractivity contribution is 5.74. The fourth-order valence-corrected chi connectivity index (χ4v) is 2.25. The Kier molecular flexibility index (Phi) is 1.49. The molecule has 0 aromatic rings. The van der Waals surface area contributed by atoms with E-state index in [9.17, 15) is 4.79 Å². The summed E-state index contributed by atoms with van der Waals surface area (Å²) in [5, 5.41) is 3.25. The van der Waals surface area contributed by atoms with Gasteiger partial charge in [-0.1, -0.05) is 13.8 Å². The van der Waals surface area contributed by atoms with Crippen molar-refractivity contribution in [3.8, 4) is 0 Å². The molecule has 0 saturated carbocycles. The first-order valence-electron chi connectivity index (χ1n) is 4.48. The predicted molar refractivity (Wildman–Crippen MR) is 44.7 cm³/mol. The fourth-order valence-electron chi connectivity index (χ4n) is 2.25. The Morgan fingerprint density at radius 2 is 2.25 bits per heavy atom. The van der Waals surface area contributed by atoms with E-state index in [4.69, 9.17) is 4.74 Å². The Morgan fingerprint density at radius 3 is 2.67 bits per heavy atom. The van der Waals surface area contributed by atoms with Crippen LogP contribution in [0.15, 0.2) is 0 Å². The van der Waals surface area contributed by atoms with Crippen molar-refractivity contribution in [1.82, 2.24) is 5.32 Å². The lowest BCUT2D eigenvalue weighted by Gasteiger charge is -2.34. The molecule has 0 radical (unpaired) electrons. The zero-order valence-corrected chi connectivity index (χ0v) is 7.64. The Labute approximate surface area is 72.5 Å². The molecule has 1 unspecified atom stereocenters. The van der Waals surface area contributed by atoms with E-state index in [-0.39, 0.29) is 17.0 Å². The van der Waals surface area contributed by atoms with E-state index in [1.165, 1.54) is 0 Å². The zero-order chi connectivity index (χ0) is 8.82. The second kappa shape index (κ2) is 2.22. The normalized spacial score (nSPS) is 39.0. The van der Waals surface area contributed by atoms with Gasteiger partial charge >= 0.3 is 5.97 Å². The van der Waals surface area contributed by atoms with Crippen molar-refractivity contribution >= 4 is 5.97 Å². The molecule has 3 nitrogen and oxygen atoms in total. The predicted octanol–water partition coefficient (Wildman–Crippen LogP) is 0.692. The van der Waals surface area contributed by atoms with Crippen LogP contribution in [-0.4, -0.2) is 24.7 Å². The maximum Gasteiger partial charge on any atom is 0.307 e. The minimum Gasteiger partial charge on any atom is -0.457 e. The van der Waals surface area contributed by atoms with Crippen LogP contribution in [0.5, 0.6) is 0 Å². The van der Waals surface area contributed by atoms with Gasteiger partial charge in [0.25, 0.3) is 0 Å². The van der Waals surface area contributed by atoms with E-state index >= 15 is 0 Å². The van der Waals surface area contributed by atoms with E-state index in [2.05, 4.69) is 19.2 Å². The van der Waals surface area contributed by atoms with Gasteiger partial charge in [-0.3, -0.25) is 4.79 Å². The Bertz CT molecular complexity index is 217. The average Bonchev–Trinajstić information content (AvgIpc) is 2.42. The van der Waals surface area contributed by atoms with Crippen molar-refractivity contribution in [2.45, 2.75) is 32.3 Å². The van der Waals surface area contributed by atoms with Crippen LogP contribution < -0.4 is 5.32 Å². The second-order valence-corrected chi connectivity index (χ2v) is 4.46. The van der Waals surface area contributed by atoms with Crippen molar-refractivity contribution < 1.29 is 9.53 Å². The van der Waals surface area contributed by atoms with Crippen LogP contribution in [-0.2, 0) is 9.53 Å². The van der Waals surface area contributed by atoms with E-state index < -0.39 is 0 Å². The molecule has 0 aromatic carbocycles. The van der Waals surface area contributed by atoms with Gasteiger partial charge in [0, 0.05) is 18.4 Å². The monoisotopic (exact) mass is 169 g/mol. The van der Waals surface area contributed by atoms with Crippen molar-refractivity contribution in [2.24, 2.45) is 5.41 Å². The zero-order valence-electron chi connectivity index (χ0n) is 7.64. The SMILES string of the molecule is CC1(C)CC(=O)OC12CCNC2. The van der Waals surface area contributed by atoms with Gasteiger partial charge < -0.3 is 10.1 Å². The largest absolute Gasteiger partial charge is 0.457 e. The van der Waals surface area contributed by atoms with Crippen LogP contribution in [0.1, 0.15) is 26.7 Å². The van der Waals surface area contributed by atoms with Gasteiger partial charge in [0.2, 0.25) is 0 Å². The molecular formula is C9H15NO2. The van der Waals surface area contributed by atoms with E-state index in [1.54, 1.807) is 0 Å². The van der Waals surface area contributed by atoms with Crippen LogP contribution in [0.3, 0.4) is 0 Å². The molecule has 2 rings (SSSR count). The minimum atomic E-state index is -0.204. The van der Waals surface area contributed by atoms with Crippen LogP contribution in [0.4, 0.5) is 0 Å². The maximum atomic E-state index is 11.2. The minimum absolute atomic E-state index is 0.00752. The molecule has 68 valence electrons. The number of carbonyl (C=O) groups is 1. The molecule has 1 N–H and O–H groups in total. The van der Waals surface area contributed by atoms with Gasteiger partial charge in [0.05, 0.1) is 6.42 Å². The number of esters is 1. The van der Waals surface area contributed by atoms with Gasteiger partial charge in [-0.15, -0.1) is 0 Å². The molecule has 1 atom stereocenters. The van der Waals surface area contributed by atoms with E-state index in [1.807, 2.05) is 0 Å². The molecule has 12 heavy (non-hydrogen) atoms. The van der Waals surface area contributed by atoms with Crippen LogP contribution in [0, 0.1) is 5.41 Å². The molecule has 2 aliphatic heterocycles. The van der Waals surface area contributed by atoms with Crippen LogP contribution in [0.25, 0.3) is 0 Å². The number of hydrogen-bond acceptors (Lipinski definition) is 3. The van der Waals surface area contributed by atoms with Crippen molar-refractivity contribution in [3.05, 3.63) is 0 Å². The summed E-state index contributed by atoms with van der Waals surface area (Å²) in [5.41, 5.74) is -0.197. The molecule has 0 aromatic heterocycles. The maximum absolute atomic E-state index is 11.2. The average molecular weight is 169 g/mol. The number of nitrogens with one attached hydrogen (secondary N) is 1. The first kappa shape index (κ1) is 8.05. The van der Waals surface area contributed by atoms with Gasteiger partial charge in [-0.2, -0.15) is 0 Å². The number of rotatable bonds is 0. The molecule has 3 heteroatoms. The third kappa shape index (κ3) is 0.891. The lowest BCUT2D eigenvalue weighted by atomic mass is 9.74. The Morgan fingerprint density at radius 1 is 1.50 bits per heavy atom. The molecule has 0 bridgehead atoms. The standard InChI is InChI=1S/C9H15NO2/c1-8(2)5-7(11)12-9(8)3-4-10-6-9/h10H,3-6H2,1-2H3. The Hall–Kier alpha value is -0.570. The summed E-state index contributed by atoms with van der Waals surface area (Å²) in [6.45, 7) is 6.03. The van der Waals surface area contributed by atoms with Crippen molar-refractivity contribution in [1.29, 1.82) is 0 Å². The van der Waals surface area contributed by atoms with Gasteiger partial charge in [0.1, 0.15) is 5.60 Å². The van der Waals surface area contributed by atoms with E-state index in [0.29, 0.717) is 6.42 Å². The van der Waals surface area contributed by atoms with Gasteiger partial charge in [-0.05, 0) is 6.54 Å². The summed E-state index contributed by atoms with van der Waals surface area (Å²) in [5.74, 6) is -0.0382. The quantitative estimate of drug-likeness (QED) is 0.542. The molecular weight excluding hydrogens is 154 g/mol. The summed E-state index contributed by atoms with van der Waals surface area (Å²) >= 11 is 0. The molecule has 0 aliphatic carbocycles. The lowest BCUT2D eigenvalue weighted by Crippen LogP contribution is -2.43. The highest BCUT2D eigenvalue weighted by Gasteiger charge is 2.56. The molecule has 2 aliphatic rings. The molecule has 2 fully saturated rings. The molecule has 1 spiro atoms. The molecule has 2 saturated heterocycles. The number of hydrogen-bond donors (Lipinski definition) is 1. The summed E-state index contributed by atoms with van der Waals surface area (Å²) in [6.07, 6.45) is 1.53. The summed E-state index contributed by atoms with van der Waals surface area (Å²) in [4.78, 5) is 11.2. The highest BCUT2D eigenvalue weighted by Crippen LogP contribution is 2.46. The van der Waals surface area contributed by atoms with Gasteiger partial charge in [-0.25, -0.2) is 0 Å². The first-order chi connectivity index (χ1) is 5.56. The second-order valence-electron chi connectivity index (χ2n) is 4.46. The van der Waals surface area contributed by atoms with Crippen LogP contribution >= 0.6 is 0 Å². The summed E-state index contributed by atoms with van der Waals surface area (Å²) in [6, 6.07) is 0. The van der Waals surface area contributed by atoms with Crippen molar-refractivity contribution in [3.63, 3.8) is 0 Å². The smallest absolute Gasteiger partial charge is 0.307 e. The summed E-state index contributed by atoms with van der Waals surface area (Å²) in [7, 11) is 0.